The number of carbonyl (C=O) groups excluding carboxylic acids is 1. The van der Waals surface area contributed by atoms with Crippen LogP contribution in [0, 0.1) is 6.92 Å². The van der Waals surface area contributed by atoms with Crippen LogP contribution in [0.5, 0.6) is 0 Å². The van der Waals surface area contributed by atoms with Gasteiger partial charge in [0.15, 0.2) is 5.11 Å². The molecule has 0 aliphatic carbocycles. The lowest BCUT2D eigenvalue weighted by Gasteiger charge is -2.13. The second-order valence-corrected chi connectivity index (χ2v) is 5.07. The fraction of sp³-hybridized carbons (Fsp3) is 0.429. The van der Waals surface area contributed by atoms with Crippen molar-refractivity contribution in [2.24, 2.45) is 0 Å². The first kappa shape index (κ1) is 14.0. The van der Waals surface area contributed by atoms with E-state index in [1.165, 1.54) is 0 Å². The van der Waals surface area contributed by atoms with Gasteiger partial charge < -0.3 is 10.1 Å². The molecule has 1 aliphatic rings. The molecule has 0 bridgehead atoms. The molecule has 0 radical (unpaired) electrons. The number of hydrogen-bond acceptors (Lipinski definition) is 3. The summed E-state index contributed by atoms with van der Waals surface area (Å²) in [6.07, 6.45) is 2.34. The van der Waals surface area contributed by atoms with Crippen molar-refractivity contribution in [3.63, 3.8) is 0 Å². The molecule has 4 nitrogen and oxygen atoms in total. The van der Waals surface area contributed by atoms with E-state index in [9.17, 15) is 4.79 Å². The second kappa shape index (κ2) is 6.63. The topological polar surface area (TPSA) is 50.4 Å². The molecule has 0 unspecified atom stereocenters. The standard InChI is InChI=1S/C14H18N2O2S/c1-10-4-6-11(7-5-10)13(17)16-14(19)15-9-12-3-2-8-18-12/h4-7,12H,2-3,8-9H2,1H3,(H2,15,16,17,19)/t12-/m0/s1. The molecule has 1 saturated heterocycles. The second-order valence-electron chi connectivity index (χ2n) is 4.67. The molecule has 1 fully saturated rings. The fourth-order valence-electron chi connectivity index (χ4n) is 1.94. The minimum Gasteiger partial charge on any atom is -0.376 e. The van der Waals surface area contributed by atoms with Crippen molar-refractivity contribution < 1.29 is 9.53 Å². The van der Waals surface area contributed by atoms with Crippen molar-refractivity contribution in [1.82, 2.24) is 10.6 Å². The number of benzene rings is 1. The van der Waals surface area contributed by atoms with E-state index in [4.69, 9.17) is 17.0 Å². The predicted octanol–water partition coefficient (Wildman–Crippen LogP) is 1.78. The molecule has 0 saturated carbocycles. The number of nitrogens with one attached hydrogen (secondary N) is 2. The summed E-state index contributed by atoms with van der Waals surface area (Å²) in [6, 6.07) is 7.37. The van der Waals surface area contributed by atoms with Crippen LogP contribution in [0.4, 0.5) is 0 Å². The first-order valence-corrected chi connectivity index (χ1v) is 6.83. The van der Waals surface area contributed by atoms with Crippen LogP contribution in [-0.4, -0.2) is 30.3 Å². The fourth-order valence-corrected chi connectivity index (χ4v) is 2.11. The van der Waals surface area contributed by atoms with Gasteiger partial charge in [-0.3, -0.25) is 10.1 Å². The van der Waals surface area contributed by atoms with Crippen LogP contribution >= 0.6 is 12.2 Å². The Balaban J connectivity index is 1.77. The Hall–Kier alpha value is -1.46. The maximum Gasteiger partial charge on any atom is 0.257 e. The van der Waals surface area contributed by atoms with Crippen LogP contribution in [0.3, 0.4) is 0 Å². The Morgan fingerprint density at radius 2 is 2.16 bits per heavy atom. The van der Waals surface area contributed by atoms with Gasteiger partial charge in [-0.25, -0.2) is 0 Å². The van der Waals surface area contributed by atoms with Gasteiger partial charge in [-0.05, 0) is 44.1 Å². The summed E-state index contributed by atoms with van der Waals surface area (Å²) >= 11 is 5.09. The summed E-state index contributed by atoms with van der Waals surface area (Å²) in [5.41, 5.74) is 1.72. The molecule has 0 spiro atoms. The first-order valence-electron chi connectivity index (χ1n) is 6.42. The molecule has 2 N–H and O–H groups in total. The smallest absolute Gasteiger partial charge is 0.257 e. The normalized spacial score (nSPS) is 18.1. The molecule has 0 aromatic heterocycles. The van der Waals surface area contributed by atoms with Gasteiger partial charge in [0.05, 0.1) is 6.10 Å². The largest absolute Gasteiger partial charge is 0.376 e. The number of thiocarbonyl (C=S) groups is 1. The summed E-state index contributed by atoms with van der Waals surface area (Å²) in [5, 5.41) is 6.02. The first-order chi connectivity index (χ1) is 9.15. The van der Waals surface area contributed by atoms with E-state index in [0.717, 1.165) is 25.0 Å². The molecule has 1 amide bonds. The number of amides is 1. The van der Waals surface area contributed by atoms with E-state index >= 15 is 0 Å². The molecule has 1 aliphatic heterocycles. The lowest BCUT2D eigenvalue weighted by atomic mass is 10.1. The third kappa shape index (κ3) is 4.29. The highest BCUT2D eigenvalue weighted by atomic mass is 32.1. The van der Waals surface area contributed by atoms with Crippen molar-refractivity contribution in [2.75, 3.05) is 13.2 Å². The van der Waals surface area contributed by atoms with Gasteiger partial charge >= 0.3 is 0 Å². The Morgan fingerprint density at radius 1 is 1.42 bits per heavy atom. The Morgan fingerprint density at radius 3 is 2.79 bits per heavy atom. The molecule has 102 valence electrons. The maximum absolute atomic E-state index is 11.9. The van der Waals surface area contributed by atoms with Gasteiger partial charge in [0.25, 0.3) is 5.91 Å². The van der Waals surface area contributed by atoms with E-state index in [1.807, 2.05) is 19.1 Å². The molecular weight excluding hydrogens is 260 g/mol. The Labute approximate surface area is 118 Å². The number of carbonyl (C=O) groups is 1. The van der Waals surface area contributed by atoms with Crippen molar-refractivity contribution >= 4 is 23.2 Å². The molecule has 1 atom stereocenters. The minimum absolute atomic E-state index is 0.190. The van der Waals surface area contributed by atoms with E-state index in [0.29, 0.717) is 17.2 Å². The van der Waals surface area contributed by atoms with Crippen molar-refractivity contribution in [1.29, 1.82) is 0 Å². The lowest BCUT2D eigenvalue weighted by molar-refractivity contribution is 0.0973. The summed E-state index contributed by atoms with van der Waals surface area (Å²) < 4.78 is 5.47. The lowest BCUT2D eigenvalue weighted by Crippen LogP contribution is -2.42. The zero-order valence-corrected chi connectivity index (χ0v) is 11.8. The molecule has 1 aromatic carbocycles. The number of rotatable bonds is 3. The van der Waals surface area contributed by atoms with E-state index < -0.39 is 0 Å². The summed E-state index contributed by atoms with van der Waals surface area (Å²) in [5.74, 6) is -0.190. The SMILES string of the molecule is Cc1ccc(C(=O)NC(=S)NC[C@@H]2CCCO2)cc1. The van der Waals surface area contributed by atoms with Gasteiger partial charge in [0.1, 0.15) is 0 Å². The van der Waals surface area contributed by atoms with E-state index in [1.54, 1.807) is 12.1 Å². The average Bonchev–Trinajstić information content (AvgIpc) is 2.90. The Bertz CT molecular complexity index is 453. The molecular formula is C14H18N2O2S. The van der Waals surface area contributed by atoms with Crippen LogP contribution in [0.2, 0.25) is 0 Å². The number of hydrogen-bond donors (Lipinski definition) is 2. The van der Waals surface area contributed by atoms with Gasteiger partial charge in [-0.1, -0.05) is 17.7 Å². The van der Waals surface area contributed by atoms with Gasteiger partial charge in [0, 0.05) is 18.7 Å². The molecule has 1 heterocycles. The highest BCUT2D eigenvalue weighted by Crippen LogP contribution is 2.10. The van der Waals surface area contributed by atoms with Gasteiger partial charge in [-0.15, -0.1) is 0 Å². The van der Waals surface area contributed by atoms with Crippen molar-refractivity contribution in [3.8, 4) is 0 Å². The van der Waals surface area contributed by atoms with Crippen LogP contribution in [-0.2, 0) is 4.74 Å². The maximum atomic E-state index is 11.9. The molecule has 2 rings (SSSR count). The van der Waals surface area contributed by atoms with Crippen LogP contribution in [0.1, 0.15) is 28.8 Å². The molecule has 5 heteroatoms. The predicted molar refractivity (Wildman–Crippen MR) is 78.2 cm³/mol. The molecule has 1 aromatic rings. The zero-order chi connectivity index (χ0) is 13.7. The number of aryl methyl sites for hydroxylation is 1. The van der Waals surface area contributed by atoms with Crippen LogP contribution < -0.4 is 10.6 Å². The third-order valence-electron chi connectivity index (χ3n) is 3.06. The van der Waals surface area contributed by atoms with Crippen LogP contribution in [0.25, 0.3) is 0 Å². The summed E-state index contributed by atoms with van der Waals surface area (Å²) in [7, 11) is 0. The minimum atomic E-state index is -0.190. The molecule has 19 heavy (non-hydrogen) atoms. The van der Waals surface area contributed by atoms with Crippen molar-refractivity contribution in [2.45, 2.75) is 25.9 Å². The third-order valence-corrected chi connectivity index (χ3v) is 3.30. The quantitative estimate of drug-likeness (QED) is 0.828. The van der Waals surface area contributed by atoms with E-state index in [2.05, 4.69) is 10.6 Å². The van der Waals surface area contributed by atoms with Crippen LogP contribution in [0.15, 0.2) is 24.3 Å². The monoisotopic (exact) mass is 278 g/mol. The number of ether oxygens (including phenoxy) is 1. The highest BCUT2D eigenvalue weighted by molar-refractivity contribution is 7.80. The summed E-state index contributed by atoms with van der Waals surface area (Å²) in [4.78, 5) is 11.9. The zero-order valence-electron chi connectivity index (χ0n) is 10.9. The highest BCUT2D eigenvalue weighted by Gasteiger charge is 2.15. The van der Waals surface area contributed by atoms with Gasteiger partial charge in [-0.2, -0.15) is 0 Å². The van der Waals surface area contributed by atoms with Crippen molar-refractivity contribution in [3.05, 3.63) is 35.4 Å². The Kier molecular flexibility index (Phi) is 4.87. The summed E-state index contributed by atoms with van der Waals surface area (Å²) in [6.45, 7) is 3.44. The van der Waals surface area contributed by atoms with E-state index in [-0.39, 0.29) is 12.0 Å². The van der Waals surface area contributed by atoms with Gasteiger partial charge in [0.2, 0.25) is 0 Å². The average molecular weight is 278 g/mol.